The fourth-order valence-corrected chi connectivity index (χ4v) is 1.93. The predicted molar refractivity (Wildman–Crippen MR) is 54.2 cm³/mol. The third-order valence-electron chi connectivity index (χ3n) is 2.92. The fourth-order valence-electron chi connectivity index (χ4n) is 1.93. The van der Waals surface area contributed by atoms with Crippen molar-refractivity contribution in [2.45, 2.75) is 25.7 Å². The molecule has 15 heavy (non-hydrogen) atoms. The van der Waals surface area contributed by atoms with Crippen molar-refractivity contribution in [3.05, 3.63) is 35.1 Å². The summed E-state index contributed by atoms with van der Waals surface area (Å²) in [6, 6.07) is 4.95. The number of benzene rings is 1. The highest BCUT2D eigenvalue weighted by Crippen LogP contribution is 2.43. The summed E-state index contributed by atoms with van der Waals surface area (Å²) in [5.74, 6) is -1.82. The Morgan fingerprint density at radius 3 is 2.73 bits per heavy atom. The molecule has 1 aromatic carbocycles. The summed E-state index contributed by atoms with van der Waals surface area (Å²) < 4.78 is 13.7. The van der Waals surface area contributed by atoms with E-state index in [4.69, 9.17) is 5.11 Å². The van der Waals surface area contributed by atoms with E-state index in [-0.39, 0.29) is 11.7 Å². The number of carbonyl (C=O) groups is 1. The molecule has 1 aliphatic rings. The van der Waals surface area contributed by atoms with Crippen molar-refractivity contribution in [3.8, 4) is 0 Å². The Balaban J connectivity index is 2.41. The maximum atomic E-state index is 13.7. The third kappa shape index (κ3) is 1.87. The van der Waals surface area contributed by atoms with E-state index < -0.39 is 11.9 Å². The lowest BCUT2D eigenvalue weighted by molar-refractivity contribution is -0.139. The summed E-state index contributed by atoms with van der Waals surface area (Å²) in [5, 5.41) is 9.09. The highest BCUT2D eigenvalue weighted by Gasteiger charge is 2.38. The first-order valence-corrected chi connectivity index (χ1v) is 5.09. The fraction of sp³-hybridized carbons (Fsp3) is 0.417. The zero-order valence-corrected chi connectivity index (χ0v) is 8.53. The van der Waals surface area contributed by atoms with E-state index in [9.17, 15) is 9.18 Å². The van der Waals surface area contributed by atoms with E-state index in [1.54, 1.807) is 25.1 Å². The van der Waals surface area contributed by atoms with Gasteiger partial charge < -0.3 is 5.11 Å². The standard InChI is InChI=1S/C12H13FO2/c1-7-3-2-4-9(11(7)13)10(12(14)15)8-5-6-8/h2-4,8,10H,5-6H2,1H3,(H,14,15). The first-order chi connectivity index (χ1) is 7.11. The highest BCUT2D eigenvalue weighted by molar-refractivity contribution is 5.77. The number of carboxylic acid groups (broad SMARTS) is 1. The van der Waals surface area contributed by atoms with Gasteiger partial charge in [-0.1, -0.05) is 18.2 Å². The Kier molecular flexibility index (Phi) is 2.47. The van der Waals surface area contributed by atoms with E-state index in [2.05, 4.69) is 0 Å². The van der Waals surface area contributed by atoms with Gasteiger partial charge in [0.15, 0.2) is 0 Å². The molecule has 0 aromatic heterocycles. The molecule has 80 valence electrons. The van der Waals surface area contributed by atoms with Gasteiger partial charge in [0.05, 0.1) is 5.92 Å². The second kappa shape index (κ2) is 3.65. The van der Waals surface area contributed by atoms with Crippen molar-refractivity contribution in [2.75, 3.05) is 0 Å². The second-order valence-corrected chi connectivity index (χ2v) is 4.13. The smallest absolute Gasteiger partial charge is 0.311 e. The van der Waals surface area contributed by atoms with Crippen molar-refractivity contribution in [3.63, 3.8) is 0 Å². The third-order valence-corrected chi connectivity index (χ3v) is 2.92. The van der Waals surface area contributed by atoms with Gasteiger partial charge in [0.1, 0.15) is 5.82 Å². The minimum atomic E-state index is -0.915. The molecular weight excluding hydrogens is 195 g/mol. The van der Waals surface area contributed by atoms with Gasteiger partial charge in [-0.05, 0) is 31.2 Å². The molecule has 0 spiro atoms. The molecule has 0 heterocycles. The Hall–Kier alpha value is -1.38. The lowest BCUT2D eigenvalue weighted by atomic mass is 9.92. The number of aliphatic carboxylic acids is 1. The molecule has 1 unspecified atom stereocenters. The van der Waals surface area contributed by atoms with Crippen LogP contribution in [-0.4, -0.2) is 11.1 Å². The molecular formula is C12H13FO2. The number of aryl methyl sites for hydroxylation is 1. The average molecular weight is 208 g/mol. The molecule has 3 heteroatoms. The summed E-state index contributed by atoms with van der Waals surface area (Å²) in [4.78, 5) is 11.1. The van der Waals surface area contributed by atoms with Crippen molar-refractivity contribution >= 4 is 5.97 Å². The zero-order chi connectivity index (χ0) is 11.0. The van der Waals surface area contributed by atoms with E-state index in [0.717, 1.165) is 12.8 Å². The Bertz CT molecular complexity index is 397. The highest BCUT2D eigenvalue weighted by atomic mass is 19.1. The Morgan fingerprint density at radius 1 is 1.53 bits per heavy atom. The first-order valence-electron chi connectivity index (χ1n) is 5.09. The van der Waals surface area contributed by atoms with Gasteiger partial charge in [0, 0.05) is 5.56 Å². The molecule has 1 fully saturated rings. The number of hydrogen-bond donors (Lipinski definition) is 1. The van der Waals surface area contributed by atoms with Crippen molar-refractivity contribution in [1.29, 1.82) is 0 Å². The molecule has 1 aromatic rings. The average Bonchev–Trinajstić information content (AvgIpc) is 2.96. The van der Waals surface area contributed by atoms with Gasteiger partial charge >= 0.3 is 5.97 Å². The first kappa shape index (κ1) is 10.1. The van der Waals surface area contributed by atoms with Gasteiger partial charge in [-0.2, -0.15) is 0 Å². The van der Waals surface area contributed by atoms with Gasteiger partial charge in [0.2, 0.25) is 0 Å². The van der Waals surface area contributed by atoms with E-state index in [1.165, 1.54) is 0 Å². The summed E-state index contributed by atoms with van der Waals surface area (Å²) in [6.45, 7) is 1.66. The maximum absolute atomic E-state index is 13.7. The van der Waals surface area contributed by atoms with E-state index >= 15 is 0 Å². The number of hydrogen-bond acceptors (Lipinski definition) is 1. The van der Waals surface area contributed by atoms with Crippen LogP contribution in [0.4, 0.5) is 4.39 Å². The predicted octanol–water partition coefficient (Wildman–Crippen LogP) is 2.71. The summed E-state index contributed by atoms with van der Waals surface area (Å²) in [6.07, 6.45) is 1.79. The molecule has 0 amide bonds. The van der Waals surface area contributed by atoms with Crippen molar-refractivity contribution in [2.24, 2.45) is 5.92 Å². The second-order valence-electron chi connectivity index (χ2n) is 4.13. The van der Waals surface area contributed by atoms with Crippen LogP contribution >= 0.6 is 0 Å². The number of carboxylic acids is 1. The number of rotatable bonds is 3. The van der Waals surface area contributed by atoms with Crippen LogP contribution < -0.4 is 0 Å². The van der Waals surface area contributed by atoms with Crippen molar-refractivity contribution in [1.82, 2.24) is 0 Å². The molecule has 1 N–H and O–H groups in total. The molecule has 1 saturated carbocycles. The molecule has 1 atom stereocenters. The molecule has 2 rings (SSSR count). The van der Waals surface area contributed by atoms with Gasteiger partial charge in [-0.3, -0.25) is 4.79 Å². The molecule has 1 aliphatic carbocycles. The SMILES string of the molecule is Cc1cccc(C(C(=O)O)C2CC2)c1F. The van der Waals surface area contributed by atoms with Crippen LogP contribution in [0.5, 0.6) is 0 Å². The molecule has 0 radical (unpaired) electrons. The largest absolute Gasteiger partial charge is 0.481 e. The quantitative estimate of drug-likeness (QED) is 0.829. The van der Waals surface area contributed by atoms with Crippen LogP contribution in [0.25, 0.3) is 0 Å². The summed E-state index contributed by atoms with van der Waals surface area (Å²) in [7, 11) is 0. The maximum Gasteiger partial charge on any atom is 0.311 e. The Morgan fingerprint density at radius 2 is 2.20 bits per heavy atom. The van der Waals surface area contributed by atoms with Crippen molar-refractivity contribution < 1.29 is 14.3 Å². The van der Waals surface area contributed by atoms with Crippen LogP contribution in [-0.2, 0) is 4.79 Å². The monoisotopic (exact) mass is 208 g/mol. The minimum absolute atomic E-state index is 0.124. The Labute approximate surface area is 87.7 Å². The van der Waals surface area contributed by atoms with Crippen LogP contribution in [0.15, 0.2) is 18.2 Å². The van der Waals surface area contributed by atoms with Crippen LogP contribution in [0, 0.1) is 18.7 Å². The number of halogens is 1. The molecule has 2 nitrogen and oxygen atoms in total. The van der Waals surface area contributed by atoms with Gasteiger partial charge in [-0.15, -0.1) is 0 Å². The lowest BCUT2D eigenvalue weighted by Gasteiger charge is -2.13. The lowest BCUT2D eigenvalue weighted by Crippen LogP contribution is -2.15. The topological polar surface area (TPSA) is 37.3 Å². The summed E-state index contributed by atoms with van der Waals surface area (Å²) >= 11 is 0. The van der Waals surface area contributed by atoms with E-state index in [1.807, 2.05) is 0 Å². The molecule has 0 saturated heterocycles. The zero-order valence-electron chi connectivity index (χ0n) is 8.53. The van der Waals surface area contributed by atoms with Gasteiger partial charge in [0.25, 0.3) is 0 Å². The molecule has 0 aliphatic heterocycles. The minimum Gasteiger partial charge on any atom is -0.481 e. The normalized spacial score (nSPS) is 17.5. The summed E-state index contributed by atoms with van der Waals surface area (Å²) in [5.41, 5.74) is 0.851. The van der Waals surface area contributed by atoms with E-state index in [0.29, 0.717) is 11.1 Å². The van der Waals surface area contributed by atoms with Crippen LogP contribution in [0.2, 0.25) is 0 Å². The van der Waals surface area contributed by atoms with Gasteiger partial charge in [-0.25, -0.2) is 4.39 Å². The van der Waals surface area contributed by atoms with Crippen LogP contribution in [0.3, 0.4) is 0 Å². The van der Waals surface area contributed by atoms with Crippen LogP contribution in [0.1, 0.15) is 29.9 Å². The molecule has 0 bridgehead atoms.